The Hall–Kier alpha value is -1.85. The van der Waals surface area contributed by atoms with Crippen LogP contribution in [0.15, 0.2) is 24.3 Å². The molecule has 2 unspecified atom stereocenters. The number of amides is 1. The molecule has 0 saturated carbocycles. The Morgan fingerprint density at radius 3 is 3.00 bits per heavy atom. The quantitative estimate of drug-likeness (QED) is 0.895. The molecule has 2 heterocycles. The third-order valence-corrected chi connectivity index (χ3v) is 4.85. The predicted octanol–water partition coefficient (Wildman–Crippen LogP) is 3.27. The molecule has 5 nitrogen and oxygen atoms in total. The van der Waals surface area contributed by atoms with Crippen molar-refractivity contribution in [3.05, 3.63) is 40.7 Å². The highest BCUT2D eigenvalue weighted by Crippen LogP contribution is 2.24. The number of aryl methyl sites for hydroxylation is 1. The summed E-state index contributed by atoms with van der Waals surface area (Å²) < 4.78 is 0. The van der Waals surface area contributed by atoms with Crippen LogP contribution in [0.3, 0.4) is 0 Å². The molecule has 1 aromatic carbocycles. The molecule has 6 heteroatoms. The molecule has 1 amide bonds. The summed E-state index contributed by atoms with van der Waals surface area (Å²) in [6, 6.07) is 7.38. The number of benzene rings is 1. The lowest BCUT2D eigenvalue weighted by Gasteiger charge is -2.33. The van der Waals surface area contributed by atoms with Crippen LogP contribution in [0.2, 0.25) is 5.02 Å². The minimum Gasteiger partial charge on any atom is -0.393 e. The van der Waals surface area contributed by atoms with E-state index in [4.69, 9.17) is 11.6 Å². The Bertz CT molecular complexity index is 742. The molecule has 1 aromatic heterocycles. The fourth-order valence-electron chi connectivity index (χ4n) is 3.18. The number of aromatic nitrogens is 2. The fraction of sp³-hybridized carbons (Fsp3) is 0.444. The smallest absolute Gasteiger partial charge is 0.274 e. The number of aromatic amines is 1. The Balaban J connectivity index is 1.83. The van der Waals surface area contributed by atoms with E-state index in [1.165, 1.54) is 0 Å². The monoisotopic (exact) mass is 347 g/mol. The first kappa shape index (κ1) is 17.0. The molecule has 2 atom stereocenters. The van der Waals surface area contributed by atoms with Crippen LogP contribution in [-0.4, -0.2) is 45.1 Å². The maximum atomic E-state index is 12.8. The minimum atomic E-state index is -0.400. The molecule has 1 aliphatic heterocycles. The summed E-state index contributed by atoms with van der Waals surface area (Å²) in [5, 5.41) is 10.4. The third-order valence-electron chi connectivity index (χ3n) is 4.61. The lowest BCUT2D eigenvalue weighted by atomic mass is 9.93. The van der Waals surface area contributed by atoms with Gasteiger partial charge in [-0.1, -0.05) is 23.7 Å². The van der Waals surface area contributed by atoms with Gasteiger partial charge >= 0.3 is 0 Å². The van der Waals surface area contributed by atoms with E-state index < -0.39 is 6.10 Å². The molecule has 128 valence electrons. The Morgan fingerprint density at radius 1 is 1.50 bits per heavy atom. The van der Waals surface area contributed by atoms with Crippen molar-refractivity contribution in [3.63, 3.8) is 0 Å². The van der Waals surface area contributed by atoms with Crippen LogP contribution < -0.4 is 0 Å². The minimum absolute atomic E-state index is 0.0811. The summed E-state index contributed by atoms with van der Waals surface area (Å²) in [4.78, 5) is 22.3. The number of imidazole rings is 1. The normalized spacial score (nSPS) is 19.3. The number of rotatable bonds is 3. The molecule has 0 radical (unpaired) electrons. The summed E-state index contributed by atoms with van der Waals surface area (Å²) in [5.74, 6) is 0.694. The van der Waals surface area contributed by atoms with E-state index in [0.29, 0.717) is 29.6 Å². The van der Waals surface area contributed by atoms with E-state index in [2.05, 4.69) is 9.97 Å². The molecule has 1 aliphatic rings. The maximum absolute atomic E-state index is 12.8. The highest BCUT2D eigenvalue weighted by Gasteiger charge is 2.29. The number of carbonyl (C=O) groups is 1. The summed E-state index contributed by atoms with van der Waals surface area (Å²) in [7, 11) is 0. The van der Waals surface area contributed by atoms with Gasteiger partial charge in [0.15, 0.2) is 0 Å². The van der Waals surface area contributed by atoms with Crippen LogP contribution in [0.25, 0.3) is 11.4 Å². The molecular weight excluding hydrogens is 326 g/mol. The van der Waals surface area contributed by atoms with Crippen molar-refractivity contribution in [2.45, 2.75) is 32.8 Å². The zero-order valence-electron chi connectivity index (χ0n) is 13.9. The Labute approximate surface area is 146 Å². The van der Waals surface area contributed by atoms with E-state index in [-0.39, 0.29) is 11.8 Å². The van der Waals surface area contributed by atoms with E-state index >= 15 is 0 Å². The third kappa shape index (κ3) is 3.47. The van der Waals surface area contributed by atoms with Crippen molar-refractivity contribution in [2.75, 3.05) is 13.1 Å². The number of carbonyl (C=O) groups excluding carboxylic acids is 1. The highest BCUT2D eigenvalue weighted by molar-refractivity contribution is 6.30. The number of likely N-dealkylation sites (tertiary alicyclic amines) is 1. The first-order valence-electron chi connectivity index (χ1n) is 8.25. The van der Waals surface area contributed by atoms with Gasteiger partial charge in [0, 0.05) is 35.3 Å². The van der Waals surface area contributed by atoms with Crippen LogP contribution in [0.5, 0.6) is 0 Å². The van der Waals surface area contributed by atoms with Gasteiger partial charge in [0.05, 0.1) is 6.10 Å². The Morgan fingerprint density at radius 2 is 2.29 bits per heavy atom. The van der Waals surface area contributed by atoms with Crippen LogP contribution in [0.4, 0.5) is 0 Å². The topological polar surface area (TPSA) is 69.2 Å². The number of aliphatic hydroxyl groups excluding tert-OH is 1. The first-order valence-corrected chi connectivity index (χ1v) is 8.63. The molecule has 3 rings (SSSR count). The van der Waals surface area contributed by atoms with Gasteiger partial charge in [-0.25, -0.2) is 4.98 Å². The molecule has 24 heavy (non-hydrogen) atoms. The van der Waals surface area contributed by atoms with E-state index in [1.807, 2.05) is 25.1 Å². The number of hydrogen-bond acceptors (Lipinski definition) is 3. The van der Waals surface area contributed by atoms with Crippen molar-refractivity contribution in [1.82, 2.24) is 14.9 Å². The second kappa shape index (κ2) is 6.95. The van der Waals surface area contributed by atoms with E-state index in [0.717, 1.165) is 24.1 Å². The van der Waals surface area contributed by atoms with Crippen LogP contribution in [0, 0.1) is 12.8 Å². The molecule has 1 fully saturated rings. The van der Waals surface area contributed by atoms with Crippen molar-refractivity contribution in [1.29, 1.82) is 0 Å². The maximum Gasteiger partial charge on any atom is 0.274 e. The average Bonchev–Trinajstić information content (AvgIpc) is 2.96. The van der Waals surface area contributed by atoms with Gasteiger partial charge in [-0.05, 0) is 38.8 Å². The molecule has 1 saturated heterocycles. The Kier molecular flexibility index (Phi) is 4.92. The largest absolute Gasteiger partial charge is 0.393 e. The lowest BCUT2D eigenvalue weighted by molar-refractivity contribution is 0.0461. The zero-order chi connectivity index (χ0) is 17.3. The standard InChI is InChI=1S/C18H22ClN3O2/c1-11-16(18(24)22-8-4-6-14(10-22)12(2)23)21-17(20-11)13-5-3-7-15(19)9-13/h3,5,7,9,12,14,23H,4,6,8,10H2,1-2H3,(H,20,21). The molecule has 0 spiro atoms. The molecule has 0 bridgehead atoms. The fourth-order valence-corrected chi connectivity index (χ4v) is 3.37. The number of halogens is 1. The number of nitrogens with one attached hydrogen (secondary N) is 1. The van der Waals surface area contributed by atoms with Gasteiger partial charge in [0.25, 0.3) is 5.91 Å². The number of aliphatic hydroxyl groups is 1. The molecule has 2 N–H and O–H groups in total. The van der Waals surface area contributed by atoms with Crippen molar-refractivity contribution < 1.29 is 9.90 Å². The average molecular weight is 348 g/mol. The van der Waals surface area contributed by atoms with Crippen LogP contribution >= 0.6 is 11.6 Å². The number of nitrogens with zero attached hydrogens (tertiary/aromatic N) is 2. The SMILES string of the molecule is Cc1[nH]c(-c2cccc(Cl)c2)nc1C(=O)N1CCCC(C(C)O)C1. The predicted molar refractivity (Wildman–Crippen MR) is 94.1 cm³/mol. The summed E-state index contributed by atoms with van der Waals surface area (Å²) in [5.41, 5.74) is 2.04. The number of H-pyrrole nitrogens is 1. The van der Waals surface area contributed by atoms with E-state index in [1.54, 1.807) is 17.9 Å². The molecular formula is C18H22ClN3O2. The van der Waals surface area contributed by atoms with Gasteiger partial charge in [-0.2, -0.15) is 0 Å². The molecule has 0 aliphatic carbocycles. The van der Waals surface area contributed by atoms with Crippen LogP contribution in [0.1, 0.15) is 35.9 Å². The number of hydrogen-bond donors (Lipinski definition) is 2. The summed E-state index contributed by atoms with van der Waals surface area (Å²) in [6.45, 7) is 4.93. The van der Waals surface area contributed by atoms with Crippen LogP contribution in [-0.2, 0) is 0 Å². The van der Waals surface area contributed by atoms with Gasteiger partial charge in [0.1, 0.15) is 11.5 Å². The van der Waals surface area contributed by atoms with Crippen molar-refractivity contribution in [3.8, 4) is 11.4 Å². The second-order valence-electron chi connectivity index (χ2n) is 6.46. The van der Waals surface area contributed by atoms with Crippen molar-refractivity contribution >= 4 is 17.5 Å². The lowest BCUT2D eigenvalue weighted by Crippen LogP contribution is -2.43. The first-order chi connectivity index (χ1) is 11.5. The highest BCUT2D eigenvalue weighted by atomic mass is 35.5. The summed E-state index contributed by atoms with van der Waals surface area (Å²) >= 11 is 6.03. The van der Waals surface area contributed by atoms with Gasteiger partial charge in [-0.15, -0.1) is 0 Å². The zero-order valence-corrected chi connectivity index (χ0v) is 14.7. The summed E-state index contributed by atoms with van der Waals surface area (Å²) in [6.07, 6.45) is 1.46. The molecule has 2 aromatic rings. The van der Waals surface area contributed by atoms with Crippen molar-refractivity contribution in [2.24, 2.45) is 5.92 Å². The van der Waals surface area contributed by atoms with Gasteiger partial charge < -0.3 is 15.0 Å². The van der Waals surface area contributed by atoms with E-state index in [9.17, 15) is 9.90 Å². The second-order valence-corrected chi connectivity index (χ2v) is 6.90. The van der Waals surface area contributed by atoms with Gasteiger partial charge in [-0.3, -0.25) is 4.79 Å². The van der Waals surface area contributed by atoms with Gasteiger partial charge in [0.2, 0.25) is 0 Å². The number of piperidine rings is 1.